The van der Waals surface area contributed by atoms with Gasteiger partial charge in [-0.1, -0.05) is 6.07 Å². The average Bonchev–Trinajstić information content (AvgIpc) is 2.76. The van der Waals surface area contributed by atoms with Crippen LogP contribution in [-0.2, 0) is 17.9 Å². The van der Waals surface area contributed by atoms with Gasteiger partial charge in [-0.15, -0.1) is 0 Å². The molecule has 2 N–H and O–H groups in total. The van der Waals surface area contributed by atoms with Crippen molar-refractivity contribution in [3.63, 3.8) is 0 Å². The molecule has 0 saturated carbocycles. The van der Waals surface area contributed by atoms with Crippen molar-refractivity contribution < 1.29 is 14.9 Å². The molecule has 1 aliphatic heterocycles. The quantitative estimate of drug-likeness (QED) is 0.844. The molecule has 1 aromatic heterocycles. The zero-order chi connectivity index (χ0) is 13.6. The largest absolute Gasteiger partial charge is 0.394 e. The number of hydrogen-bond acceptors (Lipinski definition) is 4. The number of imidazole rings is 1. The third-order valence-corrected chi connectivity index (χ3v) is 3.67. The minimum absolute atomic E-state index is 0.287. The Morgan fingerprint density at radius 3 is 3.00 bits per heavy atom. The van der Waals surface area contributed by atoms with E-state index in [0.29, 0.717) is 13.2 Å². The average molecular weight is 262 g/mol. The molecule has 0 saturated heterocycles. The summed E-state index contributed by atoms with van der Waals surface area (Å²) in [7, 11) is 0. The molecule has 2 atom stereocenters. The molecule has 3 rings (SSSR count). The van der Waals surface area contributed by atoms with E-state index in [1.807, 2.05) is 0 Å². The Morgan fingerprint density at radius 1 is 1.47 bits per heavy atom. The zero-order valence-corrected chi connectivity index (χ0v) is 11.1. The molecule has 2 heterocycles. The summed E-state index contributed by atoms with van der Waals surface area (Å²) < 4.78 is 7.65. The van der Waals surface area contributed by atoms with Gasteiger partial charge in [-0.2, -0.15) is 0 Å². The third-order valence-electron chi connectivity index (χ3n) is 3.67. The molecule has 0 amide bonds. The third kappa shape index (κ3) is 2.04. The van der Waals surface area contributed by atoms with Crippen molar-refractivity contribution >= 4 is 11.0 Å². The van der Waals surface area contributed by atoms with Crippen molar-refractivity contribution in [2.24, 2.45) is 0 Å². The molecule has 1 aromatic carbocycles. The molecule has 0 fully saturated rings. The van der Waals surface area contributed by atoms with Gasteiger partial charge in [-0.25, -0.2) is 4.98 Å². The Balaban J connectivity index is 2.08. The molecule has 0 unspecified atom stereocenters. The molecule has 0 spiro atoms. The first-order valence-electron chi connectivity index (χ1n) is 6.47. The highest BCUT2D eigenvalue weighted by atomic mass is 16.5. The lowest BCUT2D eigenvalue weighted by Gasteiger charge is -2.27. The number of rotatable bonds is 2. The number of aromatic nitrogens is 2. The van der Waals surface area contributed by atoms with Crippen LogP contribution in [-0.4, -0.2) is 38.6 Å². The van der Waals surface area contributed by atoms with E-state index in [1.54, 1.807) is 0 Å². The SMILES string of the molecule is Cc1cc(C)c2nc3n(c2c1)C[C@@H]([C@H](O)CO)OC3. The molecule has 5 heteroatoms. The number of fused-ring (bicyclic) bond motifs is 3. The second kappa shape index (κ2) is 4.59. The van der Waals surface area contributed by atoms with Crippen LogP contribution in [0, 0.1) is 13.8 Å². The molecule has 0 radical (unpaired) electrons. The predicted octanol–water partition coefficient (Wildman–Crippen LogP) is 0.905. The second-order valence-electron chi connectivity index (χ2n) is 5.19. The molecule has 5 nitrogen and oxygen atoms in total. The minimum atomic E-state index is -0.850. The molecule has 1 aliphatic rings. The Hall–Kier alpha value is -1.43. The summed E-state index contributed by atoms with van der Waals surface area (Å²) in [5.41, 5.74) is 4.41. The molecule has 19 heavy (non-hydrogen) atoms. The van der Waals surface area contributed by atoms with Crippen LogP contribution in [0.2, 0.25) is 0 Å². The number of benzene rings is 1. The lowest BCUT2D eigenvalue weighted by molar-refractivity contribution is -0.0864. The van der Waals surface area contributed by atoms with Gasteiger partial charge in [0.1, 0.15) is 24.6 Å². The van der Waals surface area contributed by atoms with E-state index in [1.165, 1.54) is 5.56 Å². The van der Waals surface area contributed by atoms with Crippen molar-refractivity contribution in [2.75, 3.05) is 6.61 Å². The van der Waals surface area contributed by atoms with Gasteiger partial charge in [0.2, 0.25) is 0 Å². The first kappa shape index (κ1) is 12.6. The van der Waals surface area contributed by atoms with Crippen molar-refractivity contribution in [3.8, 4) is 0 Å². The first-order valence-corrected chi connectivity index (χ1v) is 6.47. The highest BCUT2D eigenvalue weighted by Gasteiger charge is 2.27. The summed E-state index contributed by atoms with van der Waals surface area (Å²) >= 11 is 0. The maximum absolute atomic E-state index is 9.72. The van der Waals surface area contributed by atoms with E-state index in [0.717, 1.165) is 22.4 Å². The van der Waals surface area contributed by atoms with Crippen LogP contribution in [0.15, 0.2) is 12.1 Å². The number of aryl methyl sites for hydroxylation is 2. The first-order chi connectivity index (χ1) is 9.10. The van der Waals surface area contributed by atoms with Crippen molar-refractivity contribution in [1.82, 2.24) is 9.55 Å². The van der Waals surface area contributed by atoms with E-state index in [-0.39, 0.29) is 12.7 Å². The summed E-state index contributed by atoms with van der Waals surface area (Å²) in [5.74, 6) is 0.880. The predicted molar refractivity (Wildman–Crippen MR) is 70.9 cm³/mol. The standard InChI is InChI=1S/C14H18N2O3/c1-8-3-9(2)14-10(4-8)16-5-12(11(18)6-17)19-7-13(16)15-14/h3-4,11-12,17-18H,5-7H2,1-2H3/t11-,12+/m1/s1. The van der Waals surface area contributed by atoms with Crippen molar-refractivity contribution in [3.05, 3.63) is 29.1 Å². The molecule has 0 bridgehead atoms. The Bertz CT molecular complexity index is 621. The van der Waals surface area contributed by atoms with Crippen molar-refractivity contribution in [2.45, 2.75) is 39.2 Å². The maximum Gasteiger partial charge on any atom is 0.136 e. The van der Waals surface area contributed by atoms with E-state index in [4.69, 9.17) is 9.84 Å². The topological polar surface area (TPSA) is 67.5 Å². The lowest BCUT2D eigenvalue weighted by Crippen LogP contribution is -2.39. The van der Waals surface area contributed by atoms with Crippen LogP contribution in [0.5, 0.6) is 0 Å². The summed E-state index contributed by atoms with van der Waals surface area (Å²) in [4.78, 5) is 4.61. The van der Waals surface area contributed by atoms with Crippen LogP contribution >= 0.6 is 0 Å². The Morgan fingerprint density at radius 2 is 2.26 bits per heavy atom. The number of hydrogen-bond donors (Lipinski definition) is 2. The van der Waals surface area contributed by atoms with Gasteiger partial charge < -0.3 is 19.5 Å². The normalized spacial score (nSPS) is 20.5. The lowest BCUT2D eigenvalue weighted by atomic mass is 10.1. The van der Waals surface area contributed by atoms with E-state index in [2.05, 4.69) is 35.5 Å². The molecule has 2 aromatic rings. The highest BCUT2D eigenvalue weighted by molar-refractivity contribution is 5.80. The number of ether oxygens (including phenoxy) is 1. The summed E-state index contributed by atoms with van der Waals surface area (Å²) in [6.45, 7) is 4.72. The van der Waals surface area contributed by atoms with Gasteiger partial charge >= 0.3 is 0 Å². The minimum Gasteiger partial charge on any atom is -0.394 e. The summed E-state index contributed by atoms with van der Waals surface area (Å²) in [6, 6.07) is 4.22. The van der Waals surface area contributed by atoms with Crippen LogP contribution < -0.4 is 0 Å². The van der Waals surface area contributed by atoms with Gasteiger partial charge in [-0.05, 0) is 31.0 Å². The fourth-order valence-corrected chi connectivity index (χ4v) is 2.70. The van der Waals surface area contributed by atoms with Crippen LogP contribution in [0.3, 0.4) is 0 Å². The van der Waals surface area contributed by atoms with E-state index < -0.39 is 6.10 Å². The van der Waals surface area contributed by atoms with Gasteiger partial charge in [0.05, 0.1) is 24.2 Å². The maximum atomic E-state index is 9.72. The molecule has 102 valence electrons. The summed E-state index contributed by atoms with van der Waals surface area (Å²) in [5, 5.41) is 18.8. The second-order valence-corrected chi connectivity index (χ2v) is 5.19. The van der Waals surface area contributed by atoms with Gasteiger partial charge in [0, 0.05) is 0 Å². The van der Waals surface area contributed by atoms with Crippen molar-refractivity contribution in [1.29, 1.82) is 0 Å². The Kier molecular flexibility index (Phi) is 3.05. The van der Waals surface area contributed by atoms with Crippen LogP contribution in [0.25, 0.3) is 11.0 Å². The van der Waals surface area contributed by atoms with Gasteiger partial charge in [0.15, 0.2) is 0 Å². The molecule has 0 aliphatic carbocycles. The molecular formula is C14H18N2O3. The van der Waals surface area contributed by atoms with Crippen LogP contribution in [0.1, 0.15) is 17.0 Å². The van der Waals surface area contributed by atoms with E-state index in [9.17, 15) is 5.11 Å². The molecular weight excluding hydrogens is 244 g/mol. The monoisotopic (exact) mass is 262 g/mol. The number of nitrogens with zero attached hydrogens (tertiary/aromatic N) is 2. The summed E-state index contributed by atoms with van der Waals surface area (Å²) in [6.07, 6.45) is -1.23. The fraction of sp³-hybridized carbons (Fsp3) is 0.500. The van der Waals surface area contributed by atoms with Gasteiger partial charge in [0.25, 0.3) is 0 Å². The smallest absolute Gasteiger partial charge is 0.136 e. The van der Waals surface area contributed by atoms with E-state index >= 15 is 0 Å². The Labute approximate surface area is 111 Å². The van der Waals surface area contributed by atoms with Crippen LogP contribution in [0.4, 0.5) is 0 Å². The number of aliphatic hydroxyl groups excluding tert-OH is 2. The van der Waals surface area contributed by atoms with Gasteiger partial charge in [-0.3, -0.25) is 0 Å². The highest BCUT2D eigenvalue weighted by Crippen LogP contribution is 2.26. The fourth-order valence-electron chi connectivity index (χ4n) is 2.70. The zero-order valence-electron chi connectivity index (χ0n) is 11.1. The number of aliphatic hydroxyl groups is 2.